The van der Waals surface area contributed by atoms with Crippen molar-refractivity contribution < 1.29 is 14.3 Å². The van der Waals surface area contributed by atoms with E-state index in [1.54, 1.807) is 25.1 Å². The third-order valence-electron chi connectivity index (χ3n) is 3.62. The Morgan fingerprint density at radius 3 is 2.84 bits per heavy atom. The number of ether oxygens (including phenoxy) is 1. The molecular weight excluding hydrogens is 244 g/mol. The van der Waals surface area contributed by atoms with Crippen LogP contribution in [0.4, 0.5) is 11.4 Å². The molecule has 0 radical (unpaired) electrons. The third kappa shape index (κ3) is 2.28. The fourth-order valence-electron chi connectivity index (χ4n) is 2.21. The van der Waals surface area contributed by atoms with Crippen LogP contribution in [-0.2, 0) is 9.59 Å². The molecule has 0 bridgehead atoms. The molecule has 1 aromatic rings. The van der Waals surface area contributed by atoms with Gasteiger partial charge in [0.2, 0.25) is 5.91 Å². The molecule has 5 heteroatoms. The minimum atomic E-state index is -0.486. The summed E-state index contributed by atoms with van der Waals surface area (Å²) in [7, 11) is 0. The van der Waals surface area contributed by atoms with Crippen LogP contribution in [0.3, 0.4) is 0 Å². The van der Waals surface area contributed by atoms with Gasteiger partial charge in [-0.05, 0) is 37.5 Å². The lowest BCUT2D eigenvalue weighted by molar-refractivity contribution is -0.122. The number of hydrogen-bond acceptors (Lipinski definition) is 3. The van der Waals surface area contributed by atoms with E-state index < -0.39 is 6.10 Å². The van der Waals surface area contributed by atoms with Crippen molar-refractivity contribution in [2.24, 2.45) is 11.8 Å². The molecule has 5 nitrogen and oxygen atoms in total. The second-order valence-corrected chi connectivity index (χ2v) is 5.27. The molecule has 1 fully saturated rings. The highest BCUT2D eigenvalue weighted by Gasteiger charge is 2.39. The Morgan fingerprint density at radius 2 is 2.16 bits per heavy atom. The molecule has 1 heterocycles. The molecule has 1 aliphatic carbocycles. The molecule has 100 valence electrons. The van der Waals surface area contributed by atoms with Crippen molar-refractivity contribution in [3.8, 4) is 5.75 Å². The van der Waals surface area contributed by atoms with Gasteiger partial charge in [-0.3, -0.25) is 9.59 Å². The number of nitrogens with one attached hydrogen (secondary N) is 2. The van der Waals surface area contributed by atoms with Crippen LogP contribution in [0.25, 0.3) is 0 Å². The van der Waals surface area contributed by atoms with Gasteiger partial charge in [-0.15, -0.1) is 0 Å². The first-order valence-electron chi connectivity index (χ1n) is 6.47. The van der Waals surface area contributed by atoms with Gasteiger partial charge >= 0.3 is 0 Å². The topological polar surface area (TPSA) is 67.4 Å². The van der Waals surface area contributed by atoms with E-state index in [0.717, 1.165) is 6.42 Å². The lowest BCUT2D eigenvalue weighted by Crippen LogP contribution is -2.34. The van der Waals surface area contributed by atoms with E-state index in [0.29, 0.717) is 23.0 Å². The molecule has 2 amide bonds. The van der Waals surface area contributed by atoms with E-state index in [4.69, 9.17) is 4.74 Å². The Kier molecular flexibility index (Phi) is 2.69. The Labute approximate surface area is 111 Å². The largest absolute Gasteiger partial charge is 0.479 e. The number of carbonyl (C=O) groups is 2. The number of rotatable bonds is 2. The van der Waals surface area contributed by atoms with Crippen LogP contribution >= 0.6 is 0 Å². The van der Waals surface area contributed by atoms with Crippen molar-refractivity contribution in [2.75, 3.05) is 10.6 Å². The Hall–Kier alpha value is -2.04. The van der Waals surface area contributed by atoms with Gasteiger partial charge < -0.3 is 15.4 Å². The summed E-state index contributed by atoms with van der Waals surface area (Å²) in [6.07, 6.45) is 0.467. The summed E-state index contributed by atoms with van der Waals surface area (Å²) in [6, 6.07) is 5.27. The van der Waals surface area contributed by atoms with Crippen LogP contribution in [-0.4, -0.2) is 17.9 Å². The summed E-state index contributed by atoms with van der Waals surface area (Å²) in [6.45, 7) is 3.76. The molecule has 3 rings (SSSR count). The summed E-state index contributed by atoms with van der Waals surface area (Å²) in [5.41, 5.74) is 1.28. The summed E-state index contributed by atoms with van der Waals surface area (Å²) in [4.78, 5) is 23.4. The second-order valence-electron chi connectivity index (χ2n) is 5.27. The van der Waals surface area contributed by atoms with E-state index in [9.17, 15) is 9.59 Å². The van der Waals surface area contributed by atoms with Crippen LogP contribution < -0.4 is 15.4 Å². The minimum absolute atomic E-state index is 0.0453. The van der Waals surface area contributed by atoms with Crippen LogP contribution in [0.2, 0.25) is 0 Å². The van der Waals surface area contributed by atoms with Gasteiger partial charge in [0.15, 0.2) is 6.10 Å². The number of fused-ring (bicyclic) bond motifs is 1. The van der Waals surface area contributed by atoms with E-state index in [-0.39, 0.29) is 17.7 Å². The predicted octanol–water partition coefficient (Wildman–Crippen LogP) is 2.00. The van der Waals surface area contributed by atoms with E-state index in [1.165, 1.54) is 0 Å². The van der Waals surface area contributed by atoms with Crippen LogP contribution in [0.15, 0.2) is 18.2 Å². The predicted molar refractivity (Wildman–Crippen MR) is 71.1 cm³/mol. The minimum Gasteiger partial charge on any atom is -0.479 e. The zero-order valence-electron chi connectivity index (χ0n) is 10.9. The van der Waals surface area contributed by atoms with Gasteiger partial charge in [0.1, 0.15) is 5.75 Å². The fraction of sp³-hybridized carbons (Fsp3) is 0.429. The maximum Gasteiger partial charge on any atom is 0.265 e. The van der Waals surface area contributed by atoms with Gasteiger partial charge in [0.05, 0.1) is 5.69 Å². The molecular formula is C14H16N2O3. The third-order valence-corrected chi connectivity index (χ3v) is 3.62. The molecule has 19 heavy (non-hydrogen) atoms. The average molecular weight is 260 g/mol. The zero-order valence-corrected chi connectivity index (χ0v) is 10.9. The van der Waals surface area contributed by atoms with Crippen molar-refractivity contribution in [2.45, 2.75) is 26.4 Å². The Balaban J connectivity index is 1.76. The van der Waals surface area contributed by atoms with Crippen LogP contribution in [0.5, 0.6) is 5.75 Å². The molecule has 3 atom stereocenters. The zero-order chi connectivity index (χ0) is 13.6. The molecule has 2 aliphatic rings. The van der Waals surface area contributed by atoms with E-state index >= 15 is 0 Å². The van der Waals surface area contributed by atoms with Crippen molar-refractivity contribution in [1.82, 2.24) is 0 Å². The van der Waals surface area contributed by atoms with Crippen molar-refractivity contribution in [3.05, 3.63) is 18.2 Å². The number of hydrogen-bond donors (Lipinski definition) is 2. The second kappa shape index (κ2) is 4.26. The molecule has 0 unspecified atom stereocenters. The number of amides is 2. The highest BCUT2D eigenvalue weighted by molar-refractivity contribution is 5.99. The van der Waals surface area contributed by atoms with Gasteiger partial charge in [0, 0.05) is 11.6 Å². The van der Waals surface area contributed by atoms with Crippen LogP contribution in [0, 0.1) is 11.8 Å². The standard InChI is InChI=1S/C14H16N2O3/c1-7-5-10(7)14(18)15-9-3-4-12-11(6-9)16-13(17)8(2)19-12/h3-4,6-8,10H,5H2,1-2H3,(H,15,18)(H,16,17)/t7-,8-,10-/m0/s1. The van der Waals surface area contributed by atoms with Gasteiger partial charge in [0.25, 0.3) is 5.91 Å². The fourth-order valence-corrected chi connectivity index (χ4v) is 2.21. The first-order valence-corrected chi connectivity index (χ1v) is 6.47. The number of carbonyl (C=O) groups excluding carboxylic acids is 2. The summed E-state index contributed by atoms with van der Waals surface area (Å²) >= 11 is 0. The highest BCUT2D eigenvalue weighted by Crippen LogP contribution is 2.39. The Morgan fingerprint density at radius 1 is 1.42 bits per heavy atom. The number of benzene rings is 1. The summed E-state index contributed by atoms with van der Waals surface area (Å²) in [5, 5.41) is 5.63. The SMILES string of the molecule is C[C@@H]1Oc2ccc(NC(=O)[C@H]3C[C@@H]3C)cc2NC1=O. The quantitative estimate of drug-likeness (QED) is 0.854. The Bertz CT molecular complexity index is 556. The molecule has 0 aromatic heterocycles. The lowest BCUT2D eigenvalue weighted by Gasteiger charge is -2.23. The lowest BCUT2D eigenvalue weighted by atomic mass is 10.2. The van der Waals surface area contributed by atoms with E-state index in [2.05, 4.69) is 17.6 Å². The summed E-state index contributed by atoms with van der Waals surface area (Å²) in [5.74, 6) is 1.10. The molecule has 1 aliphatic heterocycles. The van der Waals surface area contributed by atoms with E-state index in [1.807, 2.05) is 0 Å². The molecule has 1 aromatic carbocycles. The first kappa shape index (κ1) is 12.0. The van der Waals surface area contributed by atoms with Crippen molar-refractivity contribution in [1.29, 1.82) is 0 Å². The van der Waals surface area contributed by atoms with Gasteiger partial charge in [-0.2, -0.15) is 0 Å². The first-order chi connectivity index (χ1) is 9.04. The molecule has 2 N–H and O–H groups in total. The maximum atomic E-state index is 11.8. The monoisotopic (exact) mass is 260 g/mol. The van der Waals surface area contributed by atoms with Gasteiger partial charge in [-0.1, -0.05) is 6.92 Å². The highest BCUT2D eigenvalue weighted by atomic mass is 16.5. The normalized spacial score (nSPS) is 27.9. The maximum absolute atomic E-state index is 11.8. The van der Waals surface area contributed by atoms with Crippen molar-refractivity contribution in [3.63, 3.8) is 0 Å². The smallest absolute Gasteiger partial charge is 0.265 e. The number of anilines is 2. The summed E-state index contributed by atoms with van der Waals surface area (Å²) < 4.78 is 5.46. The van der Waals surface area contributed by atoms with Crippen molar-refractivity contribution >= 4 is 23.2 Å². The van der Waals surface area contributed by atoms with Crippen LogP contribution in [0.1, 0.15) is 20.3 Å². The van der Waals surface area contributed by atoms with Gasteiger partial charge in [-0.25, -0.2) is 0 Å². The molecule has 0 saturated heterocycles. The molecule has 1 saturated carbocycles. The molecule has 0 spiro atoms. The average Bonchev–Trinajstić information content (AvgIpc) is 3.08.